The summed E-state index contributed by atoms with van der Waals surface area (Å²) in [6.07, 6.45) is 43.8. The third-order valence-electron chi connectivity index (χ3n) is 14.2. The molecule has 774 valence electrons. The Bertz CT molecular complexity index is 3360. The zero-order valence-electron chi connectivity index (χ0n) is 88.8. The quantitative estimate of drug-likeness (QED) is 0.0236. The maximum Gasteiger partial charge on any atom is 3.00 e. The Labute approximate surface area is 1460 Å². The summed E-state index contributed by atoms with van der Waals surface area (Å²) in [6, 6.07) is 0. The van der Waals surface area contributed by atoms with Crippen LogP contribution < -0.4 is 0 Å². The number of hydrogen-bond acceptors (Lipinski definition) is 35. The van der Waals surface area contributed by atoms with Crippen molar-refractivity contribution in [3.05, 3.63) is 129 Å². The van der Waals surface area contributed by atoms with Crippen LogP contribution in [0.3, 0.4) is 0 Å². The Balaban J connectivity index is -0.0000000284. The Hall–Kier alpha value is 22.8. The van der Waals surface area contributed by atoms with Crippen molar-refractivity contribution >= 4 is 272 Å². The van der Waals surface area contributed by atoms with Gasteiger partial charge in [0.05, 0.1) is 32.5 Å². The van der Waals surface area contributed by atoms with Crippen LogP contribution in [0.1, 0.15) is 142 Å². The molecule has 0 saturated carbocycles. The third kappa shape index (κ3) is 195. The fourth-order valence-corrected chi connectivity index (χ4v) is 22.3. The van der Waals surface area contributed by atoms with Gasteiger partial charge in [0.1, 0.15) is 11.6 Å². The Morgan fingerprint density at radius 2 is 0.606 bits per heavy atom. The average molecular weight is 3950 g/mol. The van der Waals surface area contributed by atoms with Crippen LogP contribution in [0.15, 0.2) is 89.2 Å². The first-order chi connectivity index (χ1) is 56.8. The number of sulfone groups is 5. The van der Waals surface area contributed by atoms with E-state index in [4.69, 9.17) is 0 Å². The second-order valence-electron chi connectivity index (χ2n) is 22.5. The normalized spacial score (nSPS) is 11.2. The first-order valence-corrected chi connectivity index (χ1v) is 65.1. The van der Waals surface area contributed by atoms with Crippen LogP contribution in [0.5, 0.6) is 0 Å². The van der Waals surface area contributed by atoms with Gasteiger partial charge >= 0.3 is 98.1 Å². The Morgan fingerprint density at radius 1 is 0.338 bits per heavy atom. The molecule has 18 radical (unpaired) electrons. The minimum Gasteiger partial charge on any atom is -0.542 e. The maximum atomic E-state index is 12.0. The predicted molar refractivity (Wildman–Crippen MR) is 566 cm³/mol. The second-order valence-corrected chi connectivity index (χ2v) is 46.3. The summed E-state index contributed by atoms with van der Waals surface area (Å²) >= 11 is 20.8. The molecule has 0 rings (SSSR count). The molecule has 142 heavy (non-hydrogen) atoms. The zero-order chi connectivity index (χ0) is 97.5. The van der Waals surface area contributed by atoms with Gasteiger partial charge in [0.2, 0.25) is 0 Å². The number of thioether (sulfide) groups is 14. The van der Waals surface area contributed by atoms with E-state index < -0.39 is 80.9 Å². The molecule has 0 aliphatic heterocycles. The number of allylic oxidation sites excluding steroid dienone is 4. The van der Waals surface area contributed by atoms with Crippen LogP contribution in [0.25, 0.3) is 0 Å². The first-order valence-electron chi connectivity index (χ1n) is 37.1. The van der Waals surface area contributed by atoms with Gasteiger partial charge in [-0.3, -0.25) is 33.9 Å². The summed E-state index contributed by atoms with van der Waals surface area (Å²) in [7, 11) is -18.8. The van der Waals surface area contributed by atoms with Crippen molar-refractivity contribution in [3.8, 4) is 0 Å². The Kier molecular flexibility index (Phi) is 362. The molecule has 0 aromatic carbocycles. The van der Waals surface area contributed by atoms with Gasteiger partial charge in [-0.15, -0.1) is 94.2 Å². The van der Waals surface area contributed by atoms with Crippen molar-refractivity contribution in [2.45, 2.75) is 163 Å². The maximum absolute atomic E-state index is 12.0. The third-order valence-corrected chi connectivity index (χ3v) is 32.9. The number of carbonyl (C=O) groups excluding carboxylic acids is 8. The molecule has 0 aromatic rings. The van der Waals surface area contributed by atoms with E-state index in [1.54, 1.807) is 166 Å². The molecule has 4 unspecified atom stereocenters. The van der Waals surface area contributed by atoms with Crippen molar-refractivity contribution in [3.63, 3.8) is 0 Å². The van der Waals surface area contributed by atoms with Gasteiger partial charge in [-0.25, -0.2) is 51.2 Å². The van der Waals surface area contributed by atoms with Crippen molar-refractivity contribution in [1.29, 1.82) is 0 Å². The fraction of sp³-hybridized carbons (Fsp3) is 0.630. The van der Waals surface area contributed by atoms with E-state index in [0.717, 1.165) is 52.1 Å². The van der Waals surface area contributed by atoms with E-state index in [-0.39, 0.29) is 757 Å². The molecule has 0 amide bonds. The summed E-state index contributed by atoms with van der Waals surface area (Å²) in [5.41, 5.74) is 0. The molecule has 0 spiro atoms. The van der Waals surface area contributed by atoms with Crippen LogP contribution in [0, 0.1) is 63.0 Å². The average Bonchev–Trinajstić information content (AvgIpc) is 0.824. The van der Waals surface area contributed by atoms with Gasteiger partial charge in [0.25, 0.3) is 0 Å². The number of hydrogen-bond donors (Lipinski definition) is 0. The molecular weight excluding hydrogens is 3800 g/mol. The van der Waals surface area contributed by atoms with Crippen LogP contribution >= 0.6 is 165 Å². The minimum atomic E-state index is -3.55. The van der Waals surface area contributed by atoms with E-state index in [2.05, 4.69) is 20.8 Å². The Morgan fingerprint density at radius 3 is 0.824 bits per heavy atom. The first kappa shape index (κ1) is 258. The molecule has 0 bridgehead atoms. The molecule has 20 nitrogen and oxygen atoms in total. The van der Waals surface area contributed by atoms with E-state index in [1.807, 2.05) is 96.5 Å². The van der Waals surface area contributed by atoms with Crippen LogP contribution in [0.2, 0.25) is 0 Å². The van der Waals surface area contributed by atoms with Gasteiger partial charge in [-0.05, 0) is 196 Å². The molecule has 0 aliphatic rings. The molecule has 0 aliphatic carbocycles. The van der Waals surface area contributed by atoms with Crippen LogP contribution in [-0.2, 0) is 794 Å². The largest absolute Gasteiger partial charge is 3.00 e. The number of rotatable bonds is 52. The molecule has 0 heterocycles. The predicted octanol–water partition coefficient (Wildman–Crippen LogP) is 20.8. The molecule has 0 aromatic heterocycles. The molecule has 8 atom stereocenters. The van der Waals surface area contributed by atoms with Crippen LogP contribution in [-0.4, -0.2) is 244 Å². The van der Waals surface area contributed by atoms with Gasteiger partial charge in [0.15, 0.2) is 50.9 Å². The molecule has 0 fully saturated rings. The van der Waals surface area contributed by atoms with Crippen LogP contribution in [0.4, 0.5) is 0 Å². The fourth-order valence-electron chi connectivity index (χ4n) is 6.59. The minimum absolute atomic E-state index is 0. The molecule has 61 heteroatoms. The van der Waals surface area contributed by atoms with Crippen molar-refractivity contribution in [2.75, 3.05) is 134 Å². The standard InChI is InChI=1S/C12H22O2S2.C12H18O2S2.C10H22O4S4.C10H18O4S4.C7H13OS.C7H11OS.C6H11O2S2.C4H7OS.C4H5OS.C3H5O2S2.3C2H5.21Y/c2*1-9(11(13)5-7-15-3)10(2)12(14)6-8-16-4;2*1-9(17(11,12)7-5-15-3)10(2)18(13,14)8-6-16-4;2*1-3-4-7(8)5-6-9-2;1-3-5-10(7,8)6-4-9-2;2*1-6-4-2-3-5;1-6-2-3-7(4)5;3*1-2;;;;;;;;;;;;;;;;;;;;;/h9-10H,5-8H2,1-4H3;5-10H,1-4H3;9-10H,5-8H2,1-4H3;5-10H,1-4H3;4H,3,5-6H2,1-2H3;4-6H,3H2,1-2H3;4-6H,3H2,1-2H3;2,4H2,1H3;2,4H,1H3;2-3H,1H3;3*1H2,2H3;;;;;;;;;;;;;;;;;;;;;/q;;;;9*-1;;;;;;;;;;;;;;;;;;;3*+3/b;7-5+,8-6+;;7-5+,8-6+;;6-5+;6-4+;;4-2+;3-2+;;;;;;;;;;;;;;;;;;;;;;;;/t4*9-,10?;;;;;;;;;;;;;;;;;;;;;;;;;;;;;;/m0000............................../s1. The zero-order valence-corrected chi connectivity index (χ0v) is 165. The summed E-state index contributed by atoms with van der Waals surface area (Å²) < 4.78 is 136. The van der Waals surface area contributed by atoms with E-state index in [0.29, 0.717) is 43.6 Å². The SMILES string of the molecule is CC[CH-]C(=O)/C=C/SC.CC[CH-]C(=O)CCSC.CC[CH-]S(=O)(=O)/C=C/SC.CS/C=C/C(=O)C(C)[C@H](C)C(=O)/C=C/SC.CS/C=C/S(=O)(=O)C(C)[C@H](C)S(=O)(=O)/C=C/SC.CS/C=C/[C-]=O.CS/C=C/[S-](=O)=O.CSCCC(=O)C(C)[C@H](C)C(=O)CCSC.CSCCS(=O)(=O)C(C)[C@H](C)S(=O)(=O)CCSC.CSCC[C-]=O.[CH2-]C.[CH2-]C.[CH2-]C.[Y+3].[Y+3].[Y+3].[Y].[Y].[Y].[Y].[Y].[Y].[Y].[Y].[Y].[Y].[Y].[Y].[Y].[Y].[Y].[Y].[Y].[Y]. The topological polar surface area (TPSA) is 341 Å². The van der Waals surface area contributed by atoms with E-state index in [9.17, 15) is 88.9 Å². The van der Waals surface area contributed by atoms with Crippen molar-refractivity contribution in [1.82, 2.24) is 0 Å². The smallest absolute Gasteiger partial charge is 0.542 e. The van der Waals surface area contributed by atoms with Gasteiger partial charge in [0, 0.05) is 669 Å². The van der Waals surface area contributed by atoms with Gasteiger partial charge in [-0.1, -0.05) is 64.6 Å². The molecule has 0 saturated heterocycles. The van der Waals surface area contributed by atoms with Crippen molar-refractivity contribution in [2.24, 2.45) is 23.7 Å². The molecular formula is C81H147O20S20Y21. The second kappa shape index (κ2) is 199. The van der Waals surface area contributed by atoms with Gasteiger partial charge < -0.3 is 54.8 Å². The summed E-state index contributed by atoms with van der Waals surface area (Å²) in [5.74, 6) is 6.03. The number of carbonyl (C=O) groups is 6. The summed E-state index contributed by atoms with van der Waals surface area (Å²) in [4.78, 5) is 86.9. The number of Topliss-reactive ketones (excluding diaryl/α,β-unsaturated/α-hetero) is 3. The molecule has 0 N–H and O–H groups in total. The van der Waals surface area contributed by atoms with Gasteiger partial charge in [-0.2, -0.15) is 140 Å². The van der Waals surface area contributed by atoms with E-state index >= 15 is 0 Å². The summed E-state index contributed by atoms with van der Waals surface area (Å²) in [6.45, 7) is 33.9. The monoisotopic (exact) mass is 3950 g/mol. The summed E-state index contributed by atoms with van der Waals surface area (Å²) in [5, 5.41) is 13.7. The van der Waals surface area contributed by atoms with E-state index in [1.165, 1.54) is 191 Å². The number of ketones is 6. The van der Waals surface area contributed by atoms with Crippen molar-refractivity contribution < 1.29 is 776 Å².